The van der Waals surface area contributed by atoms with Gasteiger partial charge in [-0.2, -0.15) is 0 Å². The minimum atomic E-state index is -0.0302. The Bertz CT molecular complexity index is 195. The minimum Gasteiger partial charge on any atom is -0.376 e. The van der Waals surface area contributed by atoms with Gasteiger partial charge in [-0.15, -0.1) is 0 Å². The van der Waals surface area contributed by atoms with E-state index in [2.05, 4.69) is 15.7 Å². The van der Waals surface area contributed by atoms with Gasteiger partial charge in [-0.25, -0.2) is 10.8 Å². The molecule has 0 aliphatic heterocycles. The first-order valence-corrected chi connectivity index (χ1v) is 5.06. The van der Waals surface area contributed by atoms with Crippen molar-refractivity contribution in [1.82, 2.24) is 10.7 Å². The molecule has 0 heterocycles. The summed E-state index contributed by atoms with van der Waals surface area (Å²) in [4.78, 5) is 4.34. The van der Waals surface area contributed by atoms with Crippen molar-refractivity contribution in [1.29, 1.82) is 0 Å². The highest BCUT2D eigenvalue weighted by atomic mass is 16.5. The van der Waals surface area contributed by atoms with Crippen LogP contribution >= 0.6 is 0 Å². The number of nitrogens with two attached hydrogens (primary N) is 1. The molecule has 0 atom stereocenters. The van der Waals surface area contributed by atoms with Gasteiger partial charge in [0.2, 0.25) is 5.96 Å². The van der Waals surface area contributed by atoms with Gasteiger partial charge < -0.3 is 10.1 Å². The maximum Gasteiger partial charge on any atom is 0.205 e. The number of methoxy groups -OCH3 is 1. The normalized spacial score (nSPS) is 20.1. The van der Waals surface area contributed by atoms with Crippen LogP contribution in [0.4, 0.5) is 0 Å². The van der Waals surface area contributed by atoms with Gasteiger partial charge in [0.05, 0.1) is 12.1 Å². The molecule has 5 heteroatoms. The van der Waals surface area contributed by atoms with Gasteiger partial charge in [0.1, 0.15) is 0 Å². The molecule has 1 rings (SSSR count). The lowest BCUT2D eigenvalue weighted by atomic mass is 9.80. The Morgan fingerprint density at radius 1 is 1.57 bits per heavy atom. The van der Waals surface area contributed by atoms with Crippen molar-refractivity contribution in [2.75, 3.05) is 20.2 Å². The van der Waals surface area contributed by atoms with E-state index in [4.69, 9.17) is 10.6 Å². The molecule has 0 aromatic carbocycles. The van der Waals surface area contributed by atoms with E-state index in [0.29, 0.717) is 12.5 Å². The maximum absolute atomic E-state index is 5.44. The molecule has 0 bridgehead atoms. The molecule has 0 aromatic heterocycles. The summed E-state index contributed by atoms with van der Waals surface area (Å²) < 4.78 is 5.44. The average molecular weight is 200 g/mol. The Balaban J connectivity index is 2.41. The van der Waals surface area contributed by atoms with E-state index in [1.807, 2.05) is 6.92 Å². The molecule has 0 saturated heterocycles. The molecule has 4 N–H and O–H groups in total. The van der Waals surface area contributed by atoms with Crippen molar-refractivity contribution in [3.8, 4) is 0 Å². The summed E-state index contributed by atoms with van der Waals surface area (Å²) in [7, 11) is 1.75. The zero-order valence-corrected chi connectivity index (χ0v) is 8.97. The summed E-state index contributed by atoms with van der Waals surface area (Å²) in [5.41, 5.74) is 2.50. The molecular formula is C9H20N4O. The van der Waals surface area contributed by atoms with Gasteiger partial charge >= 0.3 is 0 Å². The Hall–Kier alpha value is -0.810. The predicted molar refractivity (Wildman–Crippen MR) is 56.9 cm³/mol. The van der Waals surface area contributed by atoms with Gasteiger partial charge in [-0.05, 0) is 26.2 Å². The Labute approximate surface area is 85.1 Å². The van der Waals surface area contributed by atoms with Crippen LogP contribution in [-0.2, 0) is 4.74 Å². The van der Waals surface area contributed by atoms with Gasteiger partial charge in [-0.1, -0.05) is 0 Å². The molecule has 1 aliphatic rings. The number of guanidine groups is 1. The summed E-state index contributed by atoms with van der Waals surface area (Å²) in [5.74, 6) is 5.94. The zero-order chi connectivity index (χ0) is 10.4. The first-order valence-electron chi connectivity index (χ1n) is 5.06. The van der Waals surface area contributed by atoms with Gasteiger partial charge in [0, 0.05) is 13.7 Å². The number of nitrogens with zero attached hydrogens (tertiary/aromatic N) is 1. The largest absolute Gasteiger partial charge is 0.376 e. The van der Waals surface area contributed by atoms with Crippen LogP contribution in [0, 0.1) is 0 Å². The molecule has 1 fully saturated rings. The molecule has 5 nitrogen and oxygen atoms in total. The SMILES string of the molecule is CCNC(=NCC1(OC)CCC1)NN. The topological polar surface area (TPSA) is 71.7 Å². The standard InChI is InChI=1S/C9H20N4O/c1-3-11-8(13-10)12-7-9(14-2)5-4-6-9/h3-7,10H2,1-2H3,(H2,11,12,13). The lowest BCUT2D eigenvalue weighted by Gasteiger charge is -2.39. The number of hydrogen-bond acceptors (Lipinski definition) is 3. The van der Waals surface area contributed by atoms with E-state index in [1.165, 1.54) is 6.42 Å². The number of hydrazine groups is 1. The molecular weight excluding hydrogens is 180 g/mol. The number of hydrogen-bond donors (Lipinski definition) is 3. The fraction of sp³-hybridized carbons (Fsp3) is 0.889. The Morgan fingerprint density at radius 2 is 2.29 bits per heavy atom. The predicted octanol–water partition coefficient (Wildman–Crippen LogP) is -0.0157. The first kappa shape index (κ1) is 11.3. The third kappa shape index (κ3) is 2.59. The molecule has 1 saturated carbocycles. The van der Waals surface area contributed by atoms with E-state index in [-0.39, 0.29) is 5.60 Å². The summed E-state index contributed by atoms with van der Waals surface area (Å²) in [6, 6.07) is 0. The van der Waals surface area contributed by atoms with Crippen molar-refractivity contribution >= 4 is 5.96 Å². The fourth-order valence-electron chi connectivity index (χ4n) is 1.54. The van der Waals surface area contributed by atoms with Gasteiger partial charge in [0.25, 0.3) is 0 Å². The molecule has 0 aromatic rings. The maximum atomic E-state index is 5.44. The summed E-state index contributed by atoms with van der Waals surface area (Å²) in [5, 5.41) is 3.04. The molecule has 0 unspecified atom stereocenters. The third-order valence-electron chi connectivity index (χ3n) is 2.70. The molecule has 14 heavy (non-hydrogen) atoms. The van der Waals surface area contributed by atoms with Crippen molar-refractivity contribution in [3.05, 3.63) is 0 Å². The van der Waals surface area contributed by atoms with Crippen molar-refractivity contribution in [3.63, 3.8) is 0 Å². The fourth-order valence-corrected chi connectivity index (χ4v) is 1.54. The van der Waals surface area contributed by atoms with E-state index < -0.39 is 0 Å². The molecule has 0 radical (unpaired) electrons. The van der Waals surface area contributed by atoms with Crippen LogP contribution in [-0.4, -0.2) is 31.8 Å². The Morgan fingerprint density at radius 3 is 2.64 bits per heavy atom. The van der Waals surface area contributed by atoms with Crippen molar-refractivity contribution in [2.45, 2.75) is 31.8 Å². The molecule has 0 amide bonds. The van der Waals surface area contributed by atoms with Crippen molar-refractivity contribution < 1.29 is 4.74 Å². The van der Waals surface area contributed by atoms with Crippen molar-refractivity contribution in [2.24, 2.45) is 10.8 Å². The number of rotatable bonds is 4. The van der Waals surface area contributed by atoms with Crippen LogP contribution in [0.25, 0.3) is 0 Å². The number of aliphatic imine (C=N–C) groups is 1. The molecule has 1 aliphatic carbocycles. The van der Waals surface area contributed by atoms with E-state index in [1.54, 1.807) is 7.11 Å². The third-order valence-corrected chi connectivity index (χ3v) is 2.70. The zero-order valence-electron chi connectivity index (χ0n) is 8.97. The minimum absolute atomic E-state index is 0.0302. The highest BCUT2D eigenvalue weighted by molar-refractivity contribution is 5.79. The first-order chi connectivity index (χ1) is 6.76. The molecule has 82 valence electrons. The Kier molecular flexibility index (Phi) is 4.16. The van der Waals surface area contributed by atoms with E-state index in [9.17, 15) is 0 Å². The van der Waals surface area contributed by atoms with Crippen LogP contribution in [0.1, 0.15) is 26.2 Å². The van der Waals surface area contributed by atoms with Crippen LogP contribution in [0.3, 0.4) is 0 Å². The summed E-state index contributed by atoms with van der Waals surface area (Å²) in [6.07, 6.45) is 3.42. The quantitative estimate of drug-likeness (QED) is 0.258. The van der Waals surface area contributed by atoms with Crippen LogP contribution in [0.2, 0.25) is 0 Å². The highest BCUT2D eigenvalue weighted by Gasteiger charge is 2.36. The number of nitrogens with one attached hydrogen (secondary N) is 2. The smallest absolute Gasteiger partial charge is 0.205 e. The van der Waals surface area contributed by atoms with Crippen LogP contribution in [0.15, 0.2) is 4.99 Å². The summed E-state index contributed by atoms with van der Waals surface area (Å²) >= 11 is 0. The second kappa shape index (κ2) is 5.17. The van der Waals surface area contributed by atoms with E-state index in [0.717, 1.165) is 19.4 Å². The highest BCUT2D eigenvalue weighted by Crippen LogP contribution is 2.35. The second-order valence-electron chi connectivity index (χ2n) is 3.58. The molecule has 0 spiro atoms. The van der Waals surface area contributed by atoms with E-state index >= 15 is 0 Å². The van der Waals surface area contributed by atoms with Crippen LogP contribution < -0.4 is 16.6 Å². The van der Waals surface area contributed by atoms with Gasteiger partial charge in [0.15, 0.2) is 0 Å². The van der Waals surface area contributed by atoms with Gasteiger partial charge in [-0.3, -0.25) is 5.43 Å². The lowest BCUT2D eigenvalue weighted by Crippen LogP contribution is -2.46. The summed E-state index contributed by atoms with van der Waals surface area (Å²) in [6.45, 7) is 3.49. The average Bonchev–Trinajstić information content (AvgIpc) is 2.15. The second-order valence-corrected chi connectivity index (χ2v) is 3.58. The lowest BCUT2D eigenvalue weighted by molar-refractivity contribution is -0.0630. The van der Waals surface area contributed by atoms with Crippen LogP contribution in [0.5, 0.6) is 0 Å². The number of ether oxygens (including phenoxy) is 1. The monoisotopic (exact) mass is 200 g/mol.